The van der Waals surface area contributed by atoms with Crippen LogP contribution in [-0.4, -0.2) is 0 Å². The molecule has 0 saturated carbocycles. The molecule has 1 heteroatoms. The van der Waals surface area contributed by atoms with Gasteiger partial charge in [0, 0.05) is 4.47 Å². The molecule has 0 bridgehead atoms. The molecule has 4 aromatic carbocycles. The van der Waals surface area contributed by atoms with E-state index in [2.05, 4.69) is 109 Å². The lowest BCUT2D eigenvalue weighted by Gasteiger charge is -2.31. The number of aryl methyl sites for hydroxylation is 2. The van der Waals surface area contributed by atoms with Crippen LogP contribution >= 0.6 is 15.9 Å². The summed E-state index contributed by atoms with van der Waals surface area (Å²) < 4.78 is 1.18. The van der Waals surface area contributed by atoms with Gasteiger partial charge in [-0.1, -0.05) is 99.9 Å². The third kappa shape index (κ3) is 1.81. The van der Waals surface area contributed by atoms with Gasteiger partial charge in [-0.05, 0) is 64.4 Å². The third-order valence-electron chi connectivity index (χ3n) is 6.46. The minimum atomic E-state index is -0.255. The van der Waals surface area contributed by atoms with E-state index in [4.69, 9.17) is 0 Å². The summed E-state index contributed by atoms with van der Waals surface area (Å²) >= 11 is 3.93. The largest absolute Gasteiger partial charge is 0.0736 e. The fourth-order valence-electron chi connectivity index (χ4n) is 5.42. The van der Waals surface area contributed by atoms with Gasteiger partial charge in [0.25, 0.3) is 0 Å². The van der Waals surface area contributed by atoms with E-state index in [0.29, 0.717) is 0 Å². The van der Waals surface area contributed by atoms with Gasteiger partial charge in [-0.15, -0.1) is 0 Å². The number of hydrogen-bond acceptors (Lipinski definition) is 0. The molecule has 0 heterocycles. The smallest absolute Gasteiger partial charge is 0.0619 e. The quantitative estimate of drug-likeness (QED) is 0.239. The van der Waals surface area contributed by atoms with Crippen LogP contribution in [0.15, 0.2) is 83.3 Å². The highest BCUT2D eigenvalue weighted by Gasteiger charge is 2.52. The molecule has 0 atom stereocenters. The predicted octanol–water partition coefficient (Wildman–Crippen LogP) is 7.41. The molecule has 4 aromatic rings. The predicted molar refractivity (Wildman–Crippen MR) is 120 cm³/mol. The first kappa shape index (κ1) is 16.3. The molecular weight excluding hydrogens is 404 g/mol. The molecule has 0 radical (unpaired) electrons. The third-order valence-corrected chi connectivity index (χ3v) is 7.12. The molecular formula is C27H19Br. The Hall–Kier alpha value is -2.64. The topological polar surface area (TPSA) is 0 Å². The maximum atomic E-state index is 3.93. The van der Waals surface area contributed by atoms with Gasteiger partial charge in [-0.3, -0.25) is 0 Å². The van der Waals surface area contributed by atoms with E-state index >= 15 is 0 Å². The summed E-state index contributed by atoms with van der Waals surface area (Å²) in [6, 6.07) is 29.5. The summed E-state index contributed by atoms with van der Waals surface area (Å²) in [5, 5.41) is 0. The van der Waals surface area contributed by atoms with Crippen LogP contribution < -0.4 is 0 Å². The molecule has 2 aliphatic rings. The standard InChI is InChI=1S/C27H19Br/c1-16-10-12-19-20-13-11-17(2)15-24(20)27(23(19)14-16)22-8-4-3-6-18(22)21-7-5-9-25(28)26(21)27/h3-15H,1-2H3. The van der Waals surface area contributed by atoms with Gasteiger partial charge in [0.15, 0.2) is 0 Å². The molecule has 0 aliphatic heterocycles. The number of halogens is 1. The number of hydrogen-bond donors (Lipinski definition) is 0. The van der Waals surface area contributed by atoms with Crippen molar-refractivity contribution in [3.05, 3.63) is 117 Å². The first-order valence-corrected chi connectivity index (χ1v) is 10.5. The van der Waals surface area contributed by atoms with E-state index in [0.717, 1.165) is 0 Å². The van der Waals surface area contributed by atoms with Crippen molar-refractivity contribution < 1.29 is 0 Å². The fraction of sp³-hybridized carbons (Fsp3) is 0.111. The zero-order valence-electron chi connectivity index (χ0n) is 15.9. The summed E-state index contributed by atoms with van der Waals surface area (Å²) in [4.78, 5) is 0. The summed E-state index contributed by atoms with van der Waals surface area (Å²) in [6.45, 7) is 4.40. The lowest BCUT2D eigenvalue weighted by molar-refractivity contribution is 0.787. The molecule has 6 rings (SSSR count). The van der Waals surface area contributed by atoms with Gasteiger partial charge in [0.1, 0.15) is 0 Å². The van der Waals surface area contributed by atoms with E-state index in [1.807, 2.05) is 0 Å². The van der Waals surface area contributed by atoms with Crippen molar-refractivity contribution >= 4 is 15.9 Å². The molecule has 0 aromatic heterocycles. The van der Waals surface area contributed by atoms with E-state index in [9.17, 15) is 0 Å². The average Bonchev–Trinajstić information content (AvgIpc) is 3.15. The molecule has 28 heavy (non-hydrogen) atoms. The summed E-state index contributed by atoms with van der Waals surface area (Å²) in [7, 11) is 0. The fourth-order valence-corrected chi connectivity index (χ4v) is 6.08. The normalized spacial score (nSPS) is 14.5. The van der Waals surface area contributed by atoms with Crippen molar-refractivity contribution in [2.24, 2.45) is 0 Å². The van der Waals surface area contributed by atoms with Crippen LogP contribution in [0.5, 0.6) is 0 Å². The molecule has 0 nitrogen and oxygen atoms in total. The SMILES string of the molecule is Cc1ccc2c(c1)C1(c3cc(C)ccc3-2)c2ccccc2-c2cccc(Br)c21. The first-order chi connectivity index (χ1) is 13.6. The zero-order valence-corrected chi connectivity index (χ0v) is 17.5. The van der Waals surface area contributed by atoms with Crippen LogP contribution in [0.2, 0.25) is 0 Å². The van der Waals surface area contributed by atoms with Gasteiger partial charge < -0.3 is 0 Å². The lowest BCUT2D eigenvalue weighted by Crippen LogP contribution is -2.26. The van der Waals surface area contributed by atoms with Crippen molar-refractivity contribution in [3.8, 4) is 22.3 Å². The second-order valence-corrected chi connectivity index (χ2v) is 8.91. The Morgan fingerprint density at radius 2 is 1.14 bits per heavy atom. The van der Waals surface area contributed by atoms with Gasteiger partial charge in [0.05, 0.1) is 5.41 Å². The van der Waals surface area contributed by atoms with Crippen molar-refractivity contribution in [3.63, 3.8) is 0 Å². The number of fused-ring (bicyclic) bond motifs is 10. The molecule has 0 saturated heterocycles. The van der Waals surface area contributed by atoms with Gasteiger partial charge in [-0.25, -0.2) is 0 Å². The van der Waals surface area contributed by atoms with Crippen LogP contribution in [0.4, 0.5) is 0 Å². The molecule has 134 valence electrons. The minimum absolute atomic E-state index is 0.255. The summed E-state index contributed by atoms with van der Waals surface area (Å²) in [6.07, 6.45) is 0. The highest BCUT2D eigenvalue weighted by molar-refractivity contribution is 9.10. The summed E-state index contributed by atoms with van der Waals surface area (Å²) in [5.74, 6) is 0. The van der Waals surface area contributed by atoms with Crippen molar-refractivity contribution in [1.82, 2.24) is 0 Å². The highest BCUT2D eigenvalue weighted by atomic mass is 79.9. The van der Waals surface area contributed by atoms with E-state index in [-0.39, 0.29) is 5.41 Å². The second-order valence-electron chi connectivity index (χ2n) is 8.06. The zero-order chi connectivity index (χ0) is 19.0. The molecule has 0 N–H and O–H groups in total. The first-order valence-electron chi connectivity index (χ1n) is 9.74. The van der Waals surface area contributed by atoms with Crippen molar-refractivity contribution in [2.45, 2.75) is 19.3 Å². The molecule has 0 amide bonds. The Kier molecular flexibility index (Phi) is 3.18. The Bertz CT molecular complexity index is 1240. The number of benzene rings is 4. The molecule has 0 fully saturated rings. The van der Waals surface area contributed by atoms with Crippen LogP contribution in [0.3, 0.4) is 0 Å². The summed E-state index contributed by atoms with van der Waals surface area (Å²) in [5.41, 5.74) is 13.4. The Morgan fingerprint density at radius 3 is 1.82 bits per heavy atom. The van der Waals surface area contributed by atoms with Crippen molar-refractivity contribution in [1.29, 1.82) is 0 Å². The van der Waals surface area contributed by atoms with Gasteiger partial charge in [0.2, 0.25) is 0 Å². The average molecular weight is 423 g/mol. The van der Waals surface area contributed by atoms with Gasteiger partial charge in [-0.2, -0.15) is 0 Å². The monoisotopic (exact) mass is 422 g/mol. The Balaban J connectivity index is 1.90. The Labute approximate surface area is 174 Å². The molecule has 1 spiro atoms. The maximum absolute atomic E-state index is 3.93. The van der Waals surface area contributed by atoms with Crippen LogP contribution in [-0.2, 0) is 5.41 Å². The van der Waals surface area contributed by atoms with E-state index < -0.39 is 0 Å². The van der Waals surface area contributed by atoms with Crippen LogP contribution in [0.25, 0.3) is 22.3 Å². The molecule has 0 unspecified atom stereocenters. The lowest BCUT2D eigenvalue weighted by atomic mass is 9.70. The van der Waals surface area contributed by atoms with E-state index in [1.165, 1.54) is 60.1 Å². The number of rotatable bonds is 0. The van der Waals surface area contributed by atoms with Crippen LogP contribution in [0, 0.1) is 13.8 Å². The Morgan fingerprint density at radius 1 is 0.571 bits per heavy atom. The molecule has 2 aliphatic carbocycles. The van der Waals surface area contributed by atoms with Gasteiger partial charge >= 0.3 is 0 Å². The maximum Gasteiger partial charge on any atom is 0.0736 e. The van der Waals surface area contributed by atoms with E-state index in [1.54, 1.807) is 0 Å². The van der Waals surface area contributed by atoms with Crippen LogP contribution in [0.1, 0.15) is 33.4 Å². The second kappa shape index (κ2) is 5.46. The van der Waals surface area contributed by atoms with Crippen molar-refractivity contribution in [2.75, 3.05) is 0 Å². The minimum Gasteiger partial charge on any atom is -0.0619 e. The highest BCUT2D eigenvalue weighted by Crippen LogP contribution is 2.64.